The van der Waals surface area contributed by atoms with Crippen LogP contribution in [0.2, 0.25) is 0 Å². The van der Waals surface area contributed by atoms with E-state index >= 15 is 0 Å². The summed E-state index contributed by atoms with van der Waals surface area (Å²) in [5.74, 6) is 0.593. The number of benzene rings is 2. The van der Waals surface area contributed by atoms with E-state index in [1.165, 1.54) is 0 Å². The molecule has 0 bridgehead atoms. The molecule has 0 saturated carbocycles. The first kappa shape index (κ1) is 18.1. The molecule has 0 radical (unpaired) electrons. The monoisotopic (exact) mass is 374 g/mol. The summed E-state index contributed by atoms with van der Waals surface area (Å²) >= 11 is 0. The zero-order valence-electron chi connectivity index (χ0n) is 15.7. The Morgan fingerprint density at radius 1 is 1.04 bits per heavy atom. The summed E-state index contributed by atoms with van der Waals surface area (Å²) in [6, 6.07) is 18.8. The van der Waals surface area contributed by atoms with E-state index in [9.17, 15) is 9.59 Å². The lowest BCUT2D eigenvalue weighted by Crippen LogP contribution is -2.38. The van der Waals surface area contributed by atoms with Crippen LogP contribution in [0.5, 0.6) is 0 Å². The maximum absolute atomic E-state index is 12.7. The van der Waals surface area contributed by atoms with E-state index < -0.39 is 0 Å². The van der Waals surface area contributed by atoms with Gasteiger partial charge in [0.15, 0.2) is 0 Å². The SMILES string of the molecule is CC(=O)N1C[C@H]2CN(C(=O)Nc3ccc(C#N)cc3)C[C@H]2[C@@H]1c1ccccc1. The average molecular weight is 374 g/mol. The molecule has 3 atom stereocenters. The van der Waals surface area contributed by atoms with Crippen LogP contribution >= 0.6 is 0 Å². The Kier molecular flexibility index (Phi) is 4.74. The maximum Gasteiger partial charge on any atom is 0.321 e. The zero-order chi connectivity index (χ0) is 19.7. The minimum atomic E-state index is -0.139. The highest BCUT2D eigenvalue weighted by Crippen LogP contribution is 2.45. The van der Waals surface area contributed by atoms with E-state index in [-0.39, 0.29) is 29.8 Å². The summed E-state index contributed by atoms with van der Waals surface area (Å²) < 4.78 is 0. The van der Waals surface area contributed by atoms with E-state index in [0.717, 1.165) is 5.56 Å². The zero-order valence-corrected chi connectivity index (χ0v) is 15.7. The van der Waals surface area contributed by atoms with Crippen molar-refractivity contribution in [1.82, 2.24) is 9.80 Å². The molecule has 142 valence electrons. The first-order valence-electron chi connectivity index (χ1n) is 9.45. The third-order valence-electron chi connectivity index (χ3n) is 5.76. The van der Waals surface area contributed by atoms with Gasteiger partial charge in [-0.25, -0.2) is 4.79 Å². The fourth-order valence-electron chi connectivity index (χ4n) is 4.44. The minimum Gasteiger partial charge on any atom is -0.335 e. The van der Waals surface area contributed by atoms with Gasteiger partial charge in [0.2, 0.25) is 5.91 Å². The highest BCUT2D eigenvalue weighted by atomic mass is 16.2. The number of carbonyl (C=O) groups is 2. The average Bonchev–Trinajstić information content (AvgIpc) is 3.27. The molecule has 2 aliphatic heterocycles. The van der Waals surface area contributed by atoms with Crippen molar-refractivity contribution in [3.63, 3.8) is 0 Å². The fourth-order valence-corrected chi connectivity index (χ4v) is 4.44. The van der Waals surface area contributed by atoms with Gasteiger partial charge in [-0.3, -0.25) is 4.79 Å². The number of anilines is 1. The van der Waals surface area contributed by atoms with Crippen LogP contribution in [-0.4, -0.2) is 41.4 Å². The van der Waals surface area contributed by atoms with Crippen LogP contribution in [-0.2, 0) is 4.79 Å². The fraction of sp³-hybridized carbons (Fsp3) is 0.318. The number of urea groups is 1. The Bertz CT molecular complexity index is 920. The van der Waals surface area contributed by atoms with Gasteiger partial charge in [-0.1, -0.05) is 30.3 Å². The Hall–Kier alpha value is -3.33. The summed E-state index contributed by atoms with van der Waals surface area (Å²) in [6.07, 6.45) is 0. The molecule has 2 saturated heterocycles. The lowest BCUT2D eigenvalue weighted by Gasteiger charge is -2.29. The molecule has 2 heterocycles. The number of hydrogen-bond donors (Lipinski definition) is 1. The predicted molar refractivity (Wildman–Crippen MR) is 105 cm³/mol. The molecule has 6 heteroatoms. The molecule has 0 aromatic heterocycles. The highest BCUT2D eigenvalue weighted by molar-refractivity contribution is 5.89. The summed E-state index contributed by atoms with van der Waals surface area (Å²) in [5.41, 5.74) is 2.36. The number of carbonyl (C=O) groups excluding carboxylic acids is 2. The maximum atomic E-state index is 12.7. The van der Waals surface area contributed by atoms with Crippen molar-refractivity contribution in [1.29, 1.82) is 5.26 Å². The van der Waals surface area contributed by atoms with Gasteiger partial charge in [-0.05, 0) is 29.8 Å². The number of fused-ring (bicyclic) bond motifs is 1. The number of nitriles is 1. The quantitative estimate of drug-likeness (QED) is 0.877. The number of nitrogens with zero attached hydrogens (tertiary/aromatic N) is 3. The molecular weight excluding hydrogens is 352 g/mol. The molecule has 2 aliphatic rings. The van der Waals surface area contributed by atoms with Gasteiger partial charge in [0.1, 0.15) is 0 Å². The van der Waals surface area contributed by atoms with Crippen molar-refractivity contribution in [2.24, 2.45) is 11.8 Å². The minimum absolute atomic E-state index is 0.0106. The van der Waals surface area contributed by atoms with Gasteiger partial charge in [0.05, 0.1) is 17.7 Å². The van der Waals surface area contributed by atoms with Gasteiger partial charge in [-0.2, -0.15) is 5.26 Å². The molecule has 2 fully saturated rings. The van der Waals surface area contributed by atoms with E-state index in [1.54, 1.807) is 31.2 Å². The Balaban J connectivity index is 1.48. The smallest absolute Gasteiger partial charge is 0.321 e. The predicted octanol–water partition coefficient (Wildman–Crippen LogP) is 3.24. The van der Waals surface area contributed by atoms with Gasteiger partial charge < -0.3 is 15.1 Å². The van der Waals surface area contributed by atoms with Gasteiger partial charge in [0, 0.05) is 44.1 Å². The lowest BCUT2D eigenvalue weighted by molar-refractivity contribution is -0.130. The molecule has 1 N–H and O–H groups in total. The van der Waals surface area contributed by atoms with E-state index in [0.29, 0.717) is 30.9 Å². The summed E-state index contributed by atoms with van der Waals surface area (Å²) in [7, 11) is 0. The van der Waals surface area contributed by atoms with Crippen molar-refractivity contribution >= 4 is 17.6 Å². The van der Waals surface area contributed by atoms with Crippen LogP contribution in [0.25, 0.3) is 0 Å². The molecule has 2 aromatic carbocycles. The molecule has 0 spiro atoms. The molecule has 3 amide bonds. The molecule has 6 nitrogen and oxygen atoms in total. The number of likely N-dealkylation sites (tertiary alicyclic amines) is 2. The molecule has 4 rings (SSSR count). The third kappa shape index (κ3) is 3.31. The standard InChI is InChI=1S/C22H22N4O2/c1-15(27)26-13-18-12-25(14-20(18)21(26)17-5-3-2-4-6-17)22(28)24-19-9-7-16(11-23)8-10-19/h2-10,18,20-21H,12-14H2,1H3,(H,24,28)/t18-,20-,21+/m1/s1. The van der Waals surface area contributed by atoms with E-state index in [2.05, 4.69) is 23.5 Å². The molecule has 2 aromatic rings. The Labute approximate surface area is 164 Å². The van der Waals surface area contributed by atoms with Crippen molar-refractivity contribution in [3.05, 3.63) is 65.7 Å². The van der Waals surface area contributed by atoms with Crippen LogP contribution in [0.1, 0.15) is 24.1 Å². The van der Waals surface area contributed by atoms with E-state index in [4.69, 9.17) is 5.26 Å². The second-order valence-electron chi connectivity index (χ2n) is 7.48. The number of rotatable bonds is 2. The van der Waals surface area contributed by atoms with Gasteiger partial charge in [-0.15, -0.1) is 0 Å². The van der Waals surface area contributed by atoms with Gasteiger partial charge in [0.25, 0.3) is 0 Å². The van der Waals surface area contributed by atoms with Crippen LogP contribution in [0.3, 0.4) is 0 Å². The second-order valence-corrected chi connectivity index (χ2v) is 7.48. The first-order valence-corrected chi connectivity index (χ1v) is 9.45. The third-order valence-corrected chi connectivity index (χ3v) is 5.76. The van der Waals surface area contributed by atoms with Crippen LogP contribution in [0.15, 0.2) is 54.6 Å². The van der Waals surface area contributed by atoms with E-state index in [1.807, 2.05) is 28.0 Å². The largest absolute Gasteiger partial charge is 0.335 e. The normalized spacial score (nSPS) is 23.2. The number of hydrogen-bond acceptors (Lipinski definition) is 3. The summed E-state index contributed by atoms with van der Waals surface area (Å²) in [6.45, 7) is 3.56. The Morgan fingerprint density at radius 3 is 2.39 bits per heavy atom. The van der Waals surface area contributed by atoms with Crippen LogP contribution in [0, 0.1) is 23.2 Å². The second kappa shape index (κ2) is 7.35. The molecular formula is C22H22N4O2. The van der Waals surface area contributed by atoms with Crippen molar-refractivity contribution in [3.8, 4) is 6.07 Å². The summed E-state index contributed by atoms with van der Waals surface area (Å²) in [5, 5.41) is 11.8. The van der Waals surface area contributed by atoms with Gasteiger partial charge >= 0.3 is 6.03 Å². The number of amides is 3. The number of nitrogens with one attached hydrogen (secondary N) is 1. The lowest BCUT2D eigenvalue weighted by atomic mass is 9.89. The van der Waals surface area contributed by atoms with Crippen molar-refractivity contribution in [2.75, 3.05) is 25.0 Å². The van der Waals surface area contributed by atoms with Crippen LogP contribution < -0.4 is 5.32 Å². The summed E-state index contributed by atoms with van der Waals surface area (Å²) in [4.78, 5) is 28.7. The molecule has 0 unspecified atom stereocenters. The van der Waals surface area contributed by atoms with Crippen molar-refractivity contribution < 1.29 is 9.59 Å². The topological polar surface area (TPSA) is 76.4 Å². The van der Waals surface area contributed by atoms with Crippen LogP contribution in [0.4, 0.5) is 10.5 Å². The molecule has 28 heavy (non-hydrogen) atoms. The van der Waals surface area contributed by atoms with Crippen molar-refractivity contribution in [2.45, 2.75) is 13.0 Å². The Morgan fingerprint density at radius 2 is 1.75 bits per heavy atom. The molecule has 0 aliphatic carbocycles. The highest BCUT2D eigenvalue weighted by Gasteiger charge is 2.49. The first-order chi connectivity index (χ1) is 13.6.